The lowest BCUT2D eigenvalue weighted by molar-refractivity contribution is 0.271. The molecule has 0 saturated carbocycles. The molecule has 21 heavy (non-hydrogen) atoms. The molecule has 5 heteroatoms. The second-order valence-electron chi connectivity index (χ2n) is 4.76. The third-order valence-electron chi connectivity index (χ3n) is 3.20. The van der Waals surface area contributed by atoms with Gasteiger partial charge in [0, 0.05) is 0 Å². The highest BCUT2D eigenvalue weighted by molar-refractivity contribution is 5.26. The van der Waals surface area contributed by atoms with Gasteiger partial charge in [0.2, 0.25) is 0 Å². The van der Waals surface area contributed by atoms with E-state index < -0.39 is 12.1 Å². The van der Waals surface area contributed by atoms with E-state index in [-0.39, 0.29) is 6.61 Å². The van der Waals surface area contributed by atoms with Gasteiger partial charge in [0.05, 0.1) is 0 Å². The van der Waals surface area contributed by atoms with Gasteiger partial charge < -0.3 is 4.74 Å². The zero-order chi connectivity index (χ0) is 15.1. The number of para-hydroxylation sites is 1. The minimum Gasteiger partial charge on any atom is -0.491 e. The van der Waals surface area contributed by atoms with Crippen molar-refractivity contribution in [3.05, 3.63) is 75.5 Å². The number of rotatable bonds is 7. The van der Waals surface area contributed by atoms with Crippen molar-refractivity contribution in [1.82, 2.24) is 0 Å². The van der Waals surface area contributed by atoms with E-state index >= 15 is 0 Å². The van der Waals surface area contributed by atoms with Gasteiger partial charge in [0.1, 0.15) is 18.4 Å². The van der Waals surface area contributed by atoms with E-state index in [1.165, 1.54) is 0 Å². The molecule has 0 amide bonds. The molecular weight excluding hydrogens is 268 g/mol. The van der Waals surface area contributed by atoms with Crippen molar-refractivity contribution in [3.63, 3.8) is 0 Å². The Bertz CT molecular complexity index is 584. The van der Waals surface area contributed by atoms with E-state index in [2.05, 4.69) is 10.4 Å². The van der Waals surface area contributed by atoms with Crippen LogP contribution in [-0.4, -0.2) is 12.6 Å². The molecule has 5 nitrogen and oxygen atoms in total. The summed E-state index contributed by atoms with van der Waals surface area (Å²) >= 11 is 0. The van der Waals surface area contributed by atoms with E-state index in [0.29, 0.717) is 11.3 Å². The Morgan fingerprint density at radius 3 is 2.19 bits per heavy atom. The zero-order valence-electron chi connectivity index (χ0n) is 11.7. The third-order valence-corrected chi connectivity index (χ3v) is 3.20. The van der Waals surface area contributed by atoms with Crippen LogP contribution < -0.4 is 4.74 Å². The summed E-state index contributed by atoms with van der Waals surface area (Å²) in [6, 6.07) is 14.7. The average molecular weight is 284 g/mol. The molecule has 0 N–H and O–H groups in total. The van der Waals surface area contributed by atoms with Crippen LogP contribution in [-0.2, 0) is 0 Å². The summed E-state index contributed by atoms with van der Waals surface area (Å²) in [5, 5.41) is 6.05. The number of benzene rings is 2. The maximum Gasteiger partial charge on any atom is 0.156 e. The first-order chi connectivity index (χ1) is 10.2. The Labute approximate surface area is 122 Å². The summed E-state index contributed by atoms with van der Waals surface area (Å²) in [6.07, 6.45) is 0. The molecule has 2 rings (SSSR count). The third kappa shape index (κ3) is 3.95. The lowest BCUT2D eigenvalue weighted by Crippen LogP contribution is -2.22. The van der Waals surface area contributed by atoms with Crippen LogP contribution in [0.2, 0.25) is 0 Å². The van der Waals surface area contributed by atoms with Gasteiger partial charge in [-0.05, 0) is 24.6 Å². The predicted molar refractivity (Wildman–Crippen MR) is 81.2 cm³/mol. The molecule has 2 aromatic carbocycles. The maximum absolute atomic E-state index is 11.1. The molecule has 0 aliphatic carbocycles. The fourth-order valence-corrected chi connectivity index (χ4v) is 1.99. The largest absolute Gasteiger partial charge is 0.491 e. The van der Waals surface area contributed by atoms with Crippen LogP contribution in [0.25, 0.3) is 0 Å². The minimum atomic E-state index is -0.856. The lowest BCUT2D eigenvalue weighted by Gasteiger charge is -2.16. The lowest BCUT2D eigenvalue weighted by atomic mass is 10.00. The number of nitrogens with zero attached hydrogens (tertiary/aromatic N) is 2. The fraction of sp³-hybridized carbons (Fsp3) is 0.250. The van der Waals surface area contributed by atoms with Gasteiger partial charge >= 0.3 is 0 Å². The van der Waals surface area contributed by atoms with Crippen molar-refractivity contribution in [1.29, 1.82) is 0 Å². The molecule has 0 bridgehead atoms. The molecule has 108 valence electrons. The minimum absolute atomic E-state index is 0.0117. The maximum atomic E-state index is 11.1. The molecule has 0 aliphatic heterocycles. The highest BCUT2D eigenvalue weighted by atomic mass is 16.5. The van der Waals surface area contributed by atoms with Crippen LogP contribution in [0.15, 0.2) is 65.0 Å². The highest BCUT2D eigenvalue weighted by Gasteiger charge is 2.26. The Morgan fingerprint density at radius 1 is 0.952 bits per heavy atom. The molecule has 0 saturated heterocycles. The fourth-order valence-electron chi connectivity index (χ4n) is 1.99. The summed E-state index contributed by atoms with van der Waals surface area (Å²) in [6.45, 7) is 1.96. The molecule has 2 aromatic rings. The number of hydrogen-bond donors (Lipinski definition) is 0. The standard InChI is InChI=1S/C16H16N2O3/c1-12-7-9-13(10-8-12)16(18-20)15(17-19)11-21-14-5-3-2-4-6-14/h2-10,15-16H,11H2,1H3. The van der Waals surface area contributed by atoms with Gasteiger partial charge in [0.25, 0.3) is 0 Å². The van der Waals surface area contributed by atoms with E-state index in [9.17, 15) is 9.81 Å². The van der Waals surface area contributed by atoms with Crippen LogP contribution in [0.1, 0.15) is 17.2 Å². The number of hydrogen-bond acceptors (Lipinski definition) is 5. The molecule has 2 atom stereocenters. The van der Waals surface area contributed by atoms with Crippen molar-refractivity contribution < 1.29 is 4.74 Å². The van der Waals surface area contributed by atoms with Crippen molar-refractivity contribution in [2.75, 3.05) is 6.61 Å². The average Bonchev–Trinajstić information content (AvgIpc) is 2.53. The van der Waals surface area contributed by atoms with Crippen molar-refractivity contribution >= 4 is 0 Å². The smallest absolute Gasteiger partial charge is 0.156 e. The van der Waals surface area contributed by atoms with E-state index in [1.54, 1.807) is 24.3 Å². The van der Waals surface area contributed by atoms with Crippen LogP contribution in [0, 0.1) is 16.7 Å². The molecule has 0 fully saturated rings. The van der Waals surface area contributed by atoms with E-state index in [4.69, 9.17) is 4.74 Å². The van der Waals surface area contributed by atoms with Gasteiger partial charge in [-0.15, -0.1) is 0 Å². The highest BCUT2D eigenvalue weighted by Crippen LogP contribution is 2.24. The van der Waals surface area contributed by atoms with Gasteiger partial charge in [-0.2, -0.15) is 9.81 Å². The monoisotopic (exact) mass is 284 g/mol. The Balaban J connectivity index is 2.08. The number of aryl methyl sites for hydroxylation is 1. The zero-order valence-corrected chi connectivity index (χ0v) is 11.7. The quantitative estimate of drug-likeness (QED) is 0.721. The van der Waals surface area contributed by atoms with Gasteiger partial charge in [-0.3, -0.25) is 0 Å². The van der Waals surface area contributed by atoms with E-state index in [1.807, 2.05) is 37.3 Å². The molecule has 0 aromatic heterocycles. The molecule has 2 unspecified atom stereocenters. The van der Waals surface area contributed by atoms with Crippen LogP contribution in [0.3, 0.4) is 0 Å². The molecule has 0 radical (unpaired) electrons. The first-order valence-electron chi connectivity index (χ1n) is 6.64. The van der Waals surface area contributed by atoms with E-state index in [0.717, 1.165) is 5.56 Å². The van der Waals surface area contributed by atoms with Crippen LogP contribution in [0.5, 0.6) is 5.75 Å². The Hall–Kier alpha value is -2.56. The van der Waals surface area contributed by atoms with Crippen molar-refractivity contribution in [2.45, 2.75) is 19.0 Å². The van der Waals surface area contributed by atoms with Crippen molar-refractivity contribution in [3.8, 4) is 5.75 Å². The van der Waals surface area contributed by atoms with Gasteiger partial charge in [-0.25, -0.2) is 0 Å². The second kappa shape index (κ2) is 7.28. The molecular formula is C16H16N2O3. The van der Waals surface area contributed by atoms with Gasteiger partial charge in [-0.1, -0.05) is 58.4 Å². The molecule has 0 spiro atoms. The summed E-state index contributed by atoms with van der Waals surface area (Å²) in [5.74, 6) is 0.625. The summed E-state index contributed by atoms with van der Waals surface area (Å²) in [4.78, 5) is 22.1. The van der Waals surface area contributed by atoms with Crippen LogP contribution >= 0.6 is 0 Å². The summed E-state index contributed by atoms with van der Waals surface area (Å²) in [5.41, 5.74) is 1.73. The predicted octanol–water partition coefficient (Wildman–Crippen LogP) is 4.02. The topological polar surface area (TPSA) is 68.1 Å². The Morgan fingerprint density at radius 2 is 1.62 bits per heavy atom. The van der Waals surface area contributed by atoms with Crippen LogP contribution in [0.4, 0.5) is 0 Å². The summed E-state index contributed by atoms with van der Waals surface area (Å²) in [7, 11) is 0. The van der Waals surface area contributed by atoms with Crippen molar-refractivity contribution in [2.24, 2.45) is 10.4 Å². The Kier molecular flexibility index (Phi) is 5.15. The first kappa shape index (κ1) is 14.8. The number of ether oxygens (including phenoxy) is 1. The SMILES string of the molecule is Cc1ccc(C(N=O)C(COc2ccccc2)N=O)cc1. The first-order valence-corrected chi connectivity index (χ1v) is 6.64. The van der Waals surface area contributed by atoms with Gasteiger partial charge in [0.15, 0.2) is 6.04 Å². The molecule has 0 aliphatic rings. The second-order valence-corrected chi connectivity index (χ2v) is 4.76. The normalized spacial score (nSPS) is 13.2. The molecule has 0 heterocycles. The number of nitroso groups, excluding NO2 is 2. The summed E-state index contributed by atoms with van der Waals surface area (Å²) < 4.78 is 5.49.